The average molecular weight is 464 g/mol. The van der Waals surface area contributed by atoms with Crippen LogP contribution < -0.4 is 10.2 Å². The standard InChI is InChI=1S/C25H19F3N4O2/c1-13-7-21-19(8-16(13)10-29)20-9-17(26)11-30-23(20)14(2)25(34)32(21)12-22(33)31-18-5-3-15(4-6-18)24(27)28/h3-9,11,14,24H,12H2,1-2H3,(H,31,33)/t14-/m1/s1. The van der Waals surface area contributed by atoms with E-state index in [1.165, 1.54) is 35.2 Å². The predicted molar refractivity (Wildman–Crippen MR) is 120 cm³/mol. The van der Waals surface area contributed by atoms with Gasteiger partial charge >= 0.3 is 0 Å². The van der Waals surface area contributed by atoms with E-state index >= 15 is 0 Å². The second-order valence-corrected chi connectivity index (χ2v) is 8.00. The van der Waals surface area contributed by atoms with Crippen LogP contribution in [-0.2, 0) is 9.59 Å². The molecule has 0 saturated heterocycles. The second kappa shape index (κ2) is 8.98. The first kappa shape index (κ1) is 23.0. The fourth-order valence-electron chi connectivity index (χ4n) is 3.95. The molecule has 0 spiro atoms. The van der Waals surface area contributed by atoms with Crippen molar-refractivity contribution in [1.29, 1.82) is 5.26 Å². The number of hydrogen-bond donors (Lipinski definition) is 1. The number of nitrogens with one attached hydrogen (secondary N) is 1. The van der Waals surface area contributed by atoms with E-state index in [1.807, 2.05) is 0 Å². The molecule has 0 saturated carbocycles. The number of nitrogens with zero attached hydrogens (tertiary/aromatic N) is 3. The summed E-state index contributed by atoms with van der Waals surface area (Å²) in [4.78, 5) is 31.6. The molecular formula is C25H19F3N4O2. The number of benzene rings is 2. The first-order chi connectivity index (χ1) is 16.2. The average Bonchev–Trinajstić information content (AvgIpc) is 2.88. The number of nitriles is 1. The highest BCUT2D eigenvalue weighted by atomic mass is 19.3. The normalized spacial score (nSPS) is 14.8. The summed E-state index contributed by atoms with van der Waals surface area (Å²) >= 11 is 0. The van der Waals surface area contributed by atoms with Crippen LogP contribution in [0, 0.1) is 24.1 Å². The summed E-state index contributed by atoms with van der Waals surface area (Å²) in [6.07, 6.45) is -1.60. The van der Waals surface area contributed by atoms with Gasteiger partial charge in [-0.1, -0.05) is 12.1 Å². The smallest absolute Gasteiger partial charge is 0.263 e. The number of pyridine rings is 1. The van der Waals surface area contributed by atoms with Crippen LogP contribution in [0.2, 0.25) is 0 Å². The molecule has 2 aromatic carbocycles. The molecule has 1 aliphatic rings. The van der Waals surface area contributed by atoms with E-state index in [-0.39, 0.29) is 12.1 Å². The zero-order valence-corrected chi connectivity index (χ0v) is 18.3. The third kappa shape index (κ3) is 4.22. The van der Waals surface area contributed by atoms with Gasteiger partial charge in [0.2, 0.25) is 11.8 Å². The SMILES string of the molecule is Cc1cc2c(cc1C#N)-c1cc(F)cnc1[C@@H](C)C(=O)N2CC(=O)Nc1ccc(C(F)F)cc1. The molecule has 0 unspecified atom stereocenters. The number of carbonyl (C=O) groups excluding carboxylic acids is 2. The van der Waals surface area contributed by atoms with Gasteiger partial charge < -0.3 is 10.2 Å². The lowest BCUT2D eigenvalue weighted by atomic mass is 9.95. The fourth-order valence-corrected chi connectivity index (χ4v) is 3.95. The molecule has 172 valence electrons. The number of amides is 2. The molecule has 4 rings (SSSR count). The molecule has 1 aromatic heterocycles. The number of anilines is 2. The number of aromatic nitrogens is 1. The Morgan fingerprint density at radius 1 is 1.21 bits per heavy atom. The predicted octanol–water partition coefficient (Wildman–Crippen LogP) is 5.09. The molecule has 3 aromatic rings. The monoisotopic (exact) mass is 464 g/mol. The largest absolute Gasteiger partial charge is 0.325 e. The number of hydrogen-bond acceptors (Lipinski definition) is 4. The van der Waals surface area contributed by atoms with E-state index in [2.05, 4.69) is 16.4 Å². The lowest BCUT2D eigenvalue weighted by molar-refractivity contribution is -0.122. The summed E-state index contributed by atoms with van der Waals surface area (Å²) < 4.78 is 39.6. The molecule has 9 heteroatoms. The maximum Gasteiger partial charge on any atom is 0.263 e. The van der Waals surface area contributed by atoms with Crippen molar-refractivity contribution in [2.24, 2.45) is 0 Å². The Morgan fingerprint density at radius 3 is 2.56 bits per heavy atom. The van der Waals surface area contributed by atoms with Crippen molar-refractivity contribution in [2.45, 2.75) is 26.2 Å². The van der Waals surface area contributed by atoms with Crippen LogP contribution in [0.3, 0.4) is 0 Å². The number of alkyl halides is 2. The summed E-state index contributed by atoms with van der Waals surface area (Å²) in [6, 6.07) is 11.6. The highest BCUT2D eigenvalue weighted by Gasteiger charge is 2.34. The molecule has 1 atom stereocenters. The van der Waals surface area contributed by atoms with E-state index in [0.29, 0.717) is 39.3 Å². The van der Waals surface area contributed by atoms with Gasteiger partial charge in [-0.15, -0.1) is 0 Å². The highest BCUT2D eigenvalue weighted by Crippen LogP contribution is 2.41. The Bertz CT molecular complexity index is 1330. The Balaban J connectivity index is 1.73. The fraction of sp³-hybridized carbons (Fsp3) is 0.200. The van der Waals surface area contributed by atoms with Gasteiger partial charge in [0, 0.05) is 22.4 Å². The van der Waals surface area contributed by atoms with E-state index in [4.69, 9.17) is 0 Å². The number of rotatable bonds is 4. The molecule has 2 amide bonds. The molecule has 6 nitrogen and oxygen atoms in total. The molecule has 34 heavy (non-hydrogen) atoms. The van der Waals surface area contributed by atoms with E-state index < -0.39 is 30.0 Å². The van der Waals surface area contributed by atoms with E-state index in [1.54, 1.807) is 26.0 Å². The van der Waals surface area contributed by atoms with Crippen LogP contribution in [0.5, 0.6) is 0 Å². The van der Waals surface area contributed by atoms with Crippen LogP contribution in [0.25, 0.3) is 11.1 Å². The van der Waals surface area contributed by atoms with Gasteiger partial charge in [-0.3, -0.25) is 14.6 Å². The van der Waals surface area contributed by atoms with Crippen molar-refractivity contribution in [2.75, 3.05) is 16.8 Å². The summed E-state index contributed by atoms with van der Waals surface area (Å²) in [6.45, 7) is 2.93. The highest BCUT2D eigenvalue weighted by molar-refractivity contribution is 6.09. The zero-order valence-electron chi connectivity index (χ0n) is 18.3. The van der Waals surface area contributed by atoms with Crippen molar-refractivity contribution in [3.05, 3.63) is 76.9 Å². The molecular weight excluding hydrogens is 445 g/mol. The minimum Gasteiger partial charge on any atom is -0.325 e. The van der Waals surface area contributed by atoms with Gasteiger partial charge in [0.05, 0.1) is 35.1 Å². The third-order valence-corrected chi connectivity index (χ3v) is 5.72. The minimum atomic E-state index is -2.63. The first-order valence-corrected chi connectivity index (χ1v) is 10.4. The van der Waals surface area contributed by atoms with Crippen LogP contribution in [0.15, 0.2) is 48.7 Å². The van der Waals surface area contributed by atoms with Crippen LogP contribution in [0.4, 0.5) is 24.5 Å². The van der Waals surface area contributed by atoms with Crippen molar-refractivity contribution >= 4 is 23.2 Å². The van der Waals surface area contributed by atoms with Gasteiger partial charge in [0.15, 0.2) is 0 Å². The third-order valence-electron chi connectivity index (χ3n) is 5.72. The zero-order chi connectivity index (χ0) is 24.6. The maximum absolute atomic E-state index is 14.1. The van der Waals surface area contributed by atoms with Gasteiger partial charge in [-0.25, -0.2) is 13.2 Å². The molecule has 1 aliphatic heterocycles. The van der Waals surface area contributed by atoms with Crippen LogP contribution in [-0.4, -0.2) is 23.3 Å². The Morgan fingerprint density at radius 2 is 1.91 bits per heavy atom. The topological polar surface area (TPSA) is 86.1 Å². The summed E-state index contributed by atoms with van der Waals surface area (Å²) in [5.74, 6) is -2.36. The lowest BCUT2D eigenvalue weighted by Gasteiger charge is -2.25. The quantitative estimate of drug-likeness (QED) is 0.583. The summed E-state index contributed by atoms with van der Waals surface area (Å²) in [5, 5.41) is 12.1. The van der Waals surface area contributed by atoms with Gasteiger partial charge in [0.1, 0.15) is 12.4 Å². The molecule has 2 heterocycles. The number of fused-ring (bicyclic) bond motifs is 3. The molecule has 0 fully saturated rings. The lowest BCUT2D eigenvalue weighted by Crippen LogP contribution is -2.40. The summed E-state index contributed by atoms with van der Waals surface area (Å²) in [5.41, 5.74) is 2.53. The van der Waals surface area contributed by atoms with Crippen molar-refractivity contribution in [1.82, 2.24) is 4.98 Å². The molecule has 0 bridgehead atoms. The van der Waals surface area contributed by atoms with Crippen molar-refractivity contribution in [3.63, 3.8) is 0 Å². The second-order valence-electron chi connectivity index (χ2n) is 8.00. The molecule has 0 aliphatic carbocycles. The Labute approximate surface area is 193 Å². The summed E-state index contributed by atoms with van der Waals surface area (Å²) in [7, 11) is 0. The van der Waals surface area contributed by atoms with Crippen LogP contribution >= 0.6 is 0 Å². The van der Waals surface area contributed by atoms with Gasteiger partial charge in [-0.05, 0) is 49.7 Å². The van der Waals surface area contributed by atoms with Crippen molar-refractivity contribution < 1.29 is 22.8 Å². The van der Waals surface area contributed by atoms with Crippen molar-refractivity contribution in [3.8, 4) is 17.2 Å². The molecule has 1 N–H and O–H groups in total. The number of aryl methyl sites for hydroxylation is 1. The number of carbonyl (C=O) groups is 2. The van der Waals surface area contributed by atoms with E-state index in [9.17, 15) is 28.0 Å². The number of halogens is 3. The van der Waals surface area contributed by atoms with Gasteiger partial charge in [0.25, 0.3) is 6.43 Å². The molecule has 0 radical (unpaired) electrons. The first-order valence-electron chi connectivity index (χ1n) is 10.4. The Hall–Kier alpha value is -4.19. The maximum atomic E-state index is 14.1. The Kier molecular flexibility index (Phi) is 6.07. The van der Waals surface area contributed by atoms with Gasteiger partial charge in [-0.2, -0.15) is 5.26 Å². The van der Waals surface area contributed by atoms with Crippen LogP contribution in [0.1, 0.15) is 41.7 Å². The van der Waals surface area contributed by atoms with E-state index in [0.717, 1.165) is 6.20 Å². The minimum absolute atomic E-state index is 0.176.